The lowest BCUT2D eigenvalue weighted by Gasteiger charge is -2.12. The summed E-state index contributed by atoms with van der Waals surface area (Å²) in [6.45, 7) is 0.633. The smallest absolute Gasteiger partial charge is 0.279 e. The molecule has 6 nitrogen and oxygen atoms in total. The van der Waals surface area contributed by atoms with Crippen LogP contribution in [0.1, 0.15) is 11.3 Å². The third kappa shape index (κ3) is 4.80. The Bertz CT molecular complexity index is 686. The normalized spacial score (nSPS) is 11.6. The molecule has 0 amide bonds. The molecule has 0 bridgehead atoms. The molecule has 2 aromatic rings. The number of aromatic nitrogens is 1. The zero-order valence-electron chi connectivity index (χ0n) is 12.6. The monoisotopic (exact) mass is 321 g/mol. The van der Waals surface area contributed by atoms with Gasteiger partial charge in [-0.15, -0.1) is 0 Å². The first-order chi connectivity index (χ1) is 10.5. The summed E-state index contributed by atoms with van der Waals surface area (Å²) in [7, 11) is -0.443. The first kappa shape index (κ1) is 16.4. The SMILES string of the molecule is CN(C)S(=O)(=O)NCc1ccc(OCc2ccccn2)cc1. The zero-order chi connectivity index (χ0) is 16.0. The Labute approximate surface area is 130 Å². The van der Waals surface area contributed by atoms with E-state index in [0.717, 1.165) is 15.6 Å². The van der Waals surface area contributed by atoms with Crippen LogP contribution in [0.15, 0.2) is 48.7 Å². The van der Waals surface area contributed by atoms with Crippen molar-refractivity contribution in [2.45, 2.75) is 13.2 Å². The number of nitrogens with zero attached hydrogens (tertiary/aromatic N) is 2. The van der Waals surface area contributed by atoms with Gasteiger partial charge in [0.05, 0.1) is 5.69 Å². The summed E-state index contributed by atoms with van der Waals surface area (Å²) in [4.78, 5) is 4.18. The molecular weight excluding hydrogens is 302 g/mol. The van der Waals surface area contributed by atoms with Crippen LogP contribution in [0.3, 0.4) is 0 Å². The second-order valence-electron chi connectivity index (χ2n) is 4.86. The molecule has 2 rings (SSSR count). The maximum atomic E-state index is 11.6. The fourth-order valence-electron chi connectivity index (χ4n) is 1.65. The van der Waals surface area contributed by atoms with Crippen molar-refractivity contribution in [1.82, 2.24) is 14.0 Å². The van der Waals surface area contributed by atoms with E-state index in [2.05, 4.69) is 9.71 Å². The molecule has 0 aliphatic heterocycles. The fraction of sp³-hybridized carbons (Fsp3) is 0.267. The van der Waals surface area contributed by atoms with Crippen LogP contribution < -0.4 is 9.46 Å². The van der Waals surface area contributed by atoms with Gasteiger partial charge in [0, 0.05) is 26.8 Å². The number of rotatable bonds is 7. The number of hydrogen-bond acceptors (Lipinski definition) is 4. The topological polar surface area (TPSA) is 71.5 Å². The van der Waals surface area contributed by atoms with Gasteiger partial charge in [0.25, 0.3) is 10.2 Å². The van der Waals surface area contributed by atoms with Crippen LogP contribution in [0.4, 0.5) is 0 Å². The predicted octanol–water partition coefficient (Wildman–Crippen LogP) is 1.56. The summed E-state index contributed by atoms with van der Waals surface area (Å²) in [5.41, 5.74) is 1.71. The lowest BCUT2D eigenvalue weighted by atomic mass is 10.2. The van der Waals surface area contributed by atoms with E-state index < -0.39 is 10.2 Å². The number of pyridine rings is 1. The minimum Gasteiger partial charge on any atom is -0.487 e. The summed E-state index contributed by atoms with van der Waals surface area (Å²) in [6, 6.07) is 12.9. The predicted molar refractivity (Wildman–Crippen MR) is 84.5 cm³/mol. The van der Waals surface area contributed by atoms with E-state index in [4.69, 9.17) is 4.74 Å². The average Bonchev–Trinajstić information content (AvgIpc) is 2.53. The summed E-state index contributed by atoms with van der Waals surface area (Å²) >= 11 is 0. The van der Waals surface area contributed by atoms with Crippen LogP contribution in [-0.2, 0) is 23.4 Å². The van der Waals surface area contributed by atoms with Gasteiger partial charge in [-0.3, -0.25) is 4.98 Å². The molecule has 0 saturated heterocycles. The fourth-order valence-corrected chi connectivity index (χ4v) is 2.26. The van der Waals surface area contributed by atoms with Crippen molar-refractivity contribution in [2.75, 3.05) is 14.1 Å². The Morgan fingerprint density at radius 3 is 2.45 bits per heavy atom. The second kappa shape index (κ2) is 7.35. The first-order valence-electron chi connectivity index (χ1n) is 6.76. The van der Waals surface area contributed by atoms with Crippen LogP contribution in [0.5, 0.6) is 5.75 Å². The van der Waals surface area contributed by atoms with E-state index in [9.17, 15) is 8.42 Å². The maximum Gasteiger partial charge on any atom is 0.279 e. The van der Waals surface area contributed by atoms with Gasteiger partial charge in [-0.2, -0.15) is 17.4 Å². The molecular formula is C15H19N3O3S. The molecule has 0 spiro atoms. The molecule has 0 fully saturated rings. The Kier molecular flexibility index (Phi) is 5.48. The molecule has 1 aromatic carbocycles. The van der Waals surface area contributed by atoms with E-state index in [1.807, 2.05) is 42.5 Å². The number of benzene rings is 1. The van der Waals surface area contributed by atoms with Gasteiger partial charge >= 0.3 is 0 Å². The first-order valence-corrected chi connectivity index (χ1v) is 8.20. The van der Waals surface area contributed by atoms with Gasteiger partial charge in [0.15, 0.2) is 0 Å². The van der Waals surface area contributed by atoms with Crippen molar-refractivity contribution in [3.05, 3.63) is 59.9 Å². The summed E-state index contributed by atoms with van der Waals surface area (Å²) < 4.78 is 32.5. The van der Waals surface area contributed by atoms with E-state index in [0.29, 0.717) is 12.4 Å². The number of hydrogen-bond donors (Lipinski definition) is 1. The Morgan fingerprint density at radius 2 is 1.86 bits per heavy atom. The highest BCUT2D eigenvalue weighted by Gasteiger charge is 2.11. The number of nitrogens with one attached hydrogen (secondary N) is 1. The largest absolute Gasteiger partial charge is 0.487 e. The van der Waals surface area contributed by atoms with Crippen molar-refractivity contribution in [2.24, 2.45) is 0 Å². The highest BCUT2D eigenvalue weighted by Crippen LogP contribution is 2.14. The highest BCUT2D eigenvalue weighted by atomic mass is 32.2. The van der Waals surface area contributed by atoms with Gasteiger partial charge < -0.3 is 4.74 Å². The van der Waals surface area contributed by atoms with Crippen LogP contribution >= 0.6 is 0 Å². The van der Waals surface area contributed by atoms with Crippen LogP contribution in [-0.4, -0.2) is 31.8 Å². The van der Waals surface area contributed by atoms with Gasteiger partial charge in [-0.25, -0.2) is 0 Å². The van der Waals surface area contributed by atoms with Gasteiger partial charge in [-0.1, -0.05) is 18.2 Å². The molecule has 0 saturated carbocycles. The molecule has 0 radical (unpaired) electrons. The minimum absolute atomic E-state index is 0.237. The molecule has 118 valence electrons. The molecule has 0 aliphatic carbocycles. The highest BCUT2D eigenvalue weighted by molar-refractivity contribution is 7.87. The average molecular weight is 321 g/mol. The lowest BCUT2D eigenvalue weighted by Crippen LogP contribution is -2.35. The van der Waals surface area contributed by atoms with Gasteiger partial charge in [-0.05, 0) is 29.8 Å². The molecule has 0 aliphatic rings. The number of ether oxygens (including phenoxy) is 1. The molecule has 1 aromatic heterocycles. The lowest BCUT2D eigenvalue weighted by molar-refractivity contribution is 0.301. The van der Waals surface area contributed by atoms with Crippen LogP contribution in [0, 0.1) is 0 Å². The third-order valence-corrected chi connectivity index (χ3v) is 4.45. The van der Waals surface area contributed by atoms with E-state index in [1.54, 1.807) is 6.20 Å². The van der Waals surface area contributed by atoms with Crippen molar-refractivity contribution < 1.29 is 13.2 Å². The Balaban J connectivity index is 1.88. The molecule has 0 unspecified atom stereocenters. The molecule has 22 heavy (non-hydrogen) atoms. The summed E-state index contributed by atoms with van der Waals surface area (Å²) in [5.74, 6) is 0.713. The Hall–Kier alpha value is -1.96. The standard InChI is InChI=1S/C15H19N3O3S/c1-18(2)22(19,20)17-11-13-6-8-15(9-7-13)21-12-14-5-3-4-10-16-14/h3-10,17H,11-12H2,1-2H3. The molecule has 1 heterocycles. The van der Waals surface area contributed by atoms with Gasteiger partial charge in [0.2, 0.25) is 0 Å². The van der Waals surface area contributed by atoms with E-state index >= 15 is 0 Å². The quantitative estimate of drug-likeness (QED) is 0.840. The Morgan fingerprint density at radius 1 is 1.14 bits per heavy atom. The summed E-state index contributed by atoms with van der Waals surface area (Å²) in [5, 5.41) is 0. The van der Waals surface area contributed by atoms with Gasteiger partial charge in [0.1, 0.15) is 12.4 Å². The minimum atomic E-state index is -3.41. The van der Waals surface area contributed by atoms with Crippen molar-refractivity contribution >= 4 is 10.2 Å². The van der Waals surface area contributed by atoms with Crippen LogP contribution in [0.2, 0.25) is 0 Å². The maximum absolute atomic E-state index is 11.6. The zero-order valence-corrected chi connectivity index (χ0v) is 13.4. The van der Waals surface area contributed by atoms with Crippen LogP contribution in [0.25, 0.3) is 0 Å². The molecule has 7 heteroatoms. The van der Waals surface area contributed by atoms with Crippen molar-refractivity contribution in [3.8, 4) is 5.75 Å². The van der Waals surface area contributed by atoms with Crippen molar-refractivity contribution in [1.29, 1.82) is 0 Å². The second-order valence-corrected chi connectivity index (χ2v) is 6.83. The molecule has 0 atom stereocenters. The van der Waals surface area contributed by atoms with E-state index in [1.165, 1.54) is 14.1 Å². The molecule has 1 N–H and O–H groups in total. The third-order valence-electron chi connectivity index (χ3n) is 2.98. The van der Waals surface area contributed by atoms with E-state index in [-0.39, 0.29) is 6.54 Å². The summed E-state index contributed by atoms with van der Waals surface area (Å²) in [6.07, 6.45) is 1.72. The van der Waals surface area contributed by atoms with Crippen molar-refractivity contribution in [3.63, 3.8) is 0 Å².